The Balaban J connectivity index is 1.89. The van der Waals surface area contributed by atoms with E-state index in [0.29, 0.717) is 6.54 Å². The summed E-state index contributed by atoms with van der Waals surface area (Å²) in [5.74, 6) is -0.228. The van der Waals surface area contributed by atoms with Crippen LogP contribution in [-0.2, 0) is 21.5 Å². The summed E-state index contributed by atoms with van der Waals surface area (Å²) in [6.45, 7) is 8.39. The second-order valence-electron chi connectivity index (χ2n) is 8.92. The van der Waals surface area contributed by atoms with Gasteiger partial charge in [0.1, 0.15) is 0 Å². The molecule has 154 valence electrons. The molecule has 5 heteroatoms. The minimum absolute atomic E-state index is 0.00747. The Labute approximate surface area is 176 Å². The van der Waals surface area contributed by atoms with Gasteiger partial charge in [0.2, 0.25) is 5.91 Å². The van der Waals surface area contributed by atoms with E-state index in [9.17, 15) is 9.59 Å². The van der Waals surface area contributed by atoms with Crippen molar-refractivity contribution < 1.29 is 9.59 Å². The van der Waals surface area contributed by atoms with Gasteiger partial charge in [-0.3, -0.25) is 9.59 Å². The topological polar surface area (TPSA) is 56.4 Å². The number of benzene rings is 2. The molecular weight excluding hydrogens is 374 g/mol. The van der Waals surface area contributed by atoms with E-state index < -0.39 is 5.54 Å². The number of anilines is 1. The van der Waals surface area contributed by atoms with Gasteiger partial charge in [0.15, 0.2) is 5.54 Å². The molecule has 2 aliphatic heterocycles. The van der Waals surface area contributed by atoms with Gasteiger partial charge >= 0.3 is 0 Å². The fourth-order valence-electron chi connectivity index (χ4n) is 5.29. The molecule has 3 heterocycles. The predicted molar refractivity (Wildman–Crippen MR) is 118 cm³/mol. The van der Waals surface area contributed by atoms with Crippen molar-refractivity contribution in [2.24, 2.45) is 5.92 Å². The fourth-order valence-corrected chi connectivity index (χ4v) is 5.29. The van der Waals surface area contributed by atoms with Gasteiger partial charge in [0.05, 0.1) is 11.4 Å². The van der Waals surface area contributed by atoms with Crippen LogP contribution in [0, 0.1) is 5.92 Å². The van der Waals surface area contributed by atoms with E-state index in [4.69, 9.17) is 0 Å². The lowest BCUT2D eigenvalue weighted by Crippen LogP contribution is -2.60. The number of carbonyl (C=O) groups excluding carboxylic acids is 2. The molecule has 1 spiro atoms. The number of aromatic amines is 1. The van der Waals surface area contributed by atoms with Crippen LogP contribution >= 0.6 is 0 Å². The lowest BCUT2D eigenvalue weighted by molar-refractivity contribution is -0.147. The third-order valence-corrected chi connectivity index (χ3v) is 6.52. The number of fused-ring (bicyclic) bond motifs is 6. The minimum Gasteiger partial charge on any atom is -0.355 e. The highest BCUT2D eigenvalue weighted by Crippen LogP contribution is 2.52. The first kappa shape index (κ1) is 18.9. The van der Waals surface area contributed by atoms with Crippen LogP contribution in [-0.4, -0.2) is 34.3 Å². The Morgan fingerprint density at radius 3 is 2.47 bits per heavy atom. The molecule has 1 N–H and O–H groups in total. The molecule has 0 saturated carbocycles. The van der Waals surface area contributed by atoms with Gasteiger partial charge < -0.3 is 14.8 Å². The van der Waals surface area contributed by atoms with Gasteiger partial charge in [0.25, 0.3) is 5.91 Å². The first-order chi connectivity index (χ1) is 14.4. The molecule has 1 aromatic heterocycles. The van der Waals surface area contributed by atoms with Gasteiger partial charge in [-0.25, -0.2) is 0 Å². The summed E-state index contributed by atoms with van der Waals surface area (Å²) < 4.78 is 0. The van der Waals surface area contributed by atoms with Crippen molar-refractivity contribution in [3.63, 3.8) is 0 Å². The lowest BCUT2D eigenvalue weighted by Gasteiger charge is -2.44. The number of rotatable bonds is 2. The molecule has 2 aliphatic rings. The number of nitrogens with one attached hydrogen (secondary N) is 1. The van der Waals surface area contributed by atoms with E-state index in [0.717, 1.165) is 39.8 Å². The summed E-state index contributed by atoms with van der Waals surface area (Å²) in [7, 11) is 0. The number of carbonyl (C=O) groups is 2. The third kappa shape index (κ3) is 2.23. The smallest absolute Gasteiger partial charge is 0.264 e. The average Bonchev–Trinajstić information content (AvgIpc) is 3.23. The number of hydrogen-bond acceptors (Lipinski definition) is 2. The van der Waals surface area contributed by atoms with Crippen molar-refractivity contribution in [3.8, 4) is 0 Å². The third-order valence-electron chi connectivity index (χ3n) is 6.52. The van der Waals surface area contributed by atoms with E-state index in [1.54, 1.807) is 0 Å². The van der Waals surface area contributed by atoms with Gasteiger partial charge in [-0.2, -0.15) is 0 Å². The predicted octanol–water partition coefficient (Wildman–Crippen LogP) is 4.21. The maximum atomic E-state index is 14.3. The molecule has 2 aromatic carbocycles. The number of H-pyrrole nitrogens is 1. The van der Waals surface area contributed by atoms with Crippen molar-refractivity contribution in [3.05, 3.63) is 65.4 Å². The highest BCUT2D eigenvalue weighted by Gasteiger charge is 2.61. The molecule has 0 radical (unpaired) electrons. The number of hydrogen-bond donors (Lipinski definition) is 1. The Hall–Kier alpha value is -3.08. The van der Waals surface area contributed by atoms with Crippen LogP contribution < -0.4 is 4.90 Å². The summed E-state index contributed by atoms with van der Waals surface area (Å²) >= 11 is 0. The zero-order chi connectivity index (χ0) is 21.2. The highest BCUT2D eigenvalue weighted by molar-refractivity contribution is 6.13. The van der Waals surface area contributed by atoms with Crippen molar-refractivity contribution in [1.29, 1.82) is 0 Å². The van der Waals surface area contributed by atoms with E-state index >= 15 is 0 Å². The summed E-state index contributed by atoms with van der Waals surface area (Å²) in [5, 5.41) is 1.14. The normalized spacial score (nSPS) is 20.5. The SMILES string of the molecule is CC(C)C(=O)N1CCc2c([nH]c3ccccc23)C12C(=O)N(C(C)C)c1ccccc12. The second-order valence-corrected chi connectivity index (χ2v) is 8.92. The number of amides is 2. The largest absolute Gasteiger partial charge is 0.355 e. The van der Waals surface area contributed by atoms with Crippen LogP contribution in [0.3, 0.4) is 0 Å². The molecule has 30 heavy (non-hydrogen) atoms. The molecule has 0 aliphatic carbocycles. The average molecular weight is 402 g/mol. The van der Waals surface area contributed by atoms with Crippen LogP contribution in [0.2, 0.25) is 0 Å². The minimum atomic E-state index is -1.14. The molecule has 3 aromatic rings. The van der Waals surface area contributed by atoms with Crippen LogP contribution in [0.25, 0.3) is 10.9 Å². The molecule has 2 amide bonds. The van der Waals surface area contributed by atoms with Crippen LogP contribution in [0.15, 0.2) is 48.5 Å². The fraction of sp³-hybridized carbons (Fsp3) is 0.360. The maximum absolute atomic E-state index is 14.3. The highest BCUT2D eigenvalue weighted by atomic mass is 16.2. The first-order valence-electron chi connectivity index (χ1n) is 10.7. The number of aromatic nitrogens is 1. The zero-order valence-electron chi connectivity index (χ0n) is 17.9. The van der Waals surface area contributed by atoms with Gasteiger partial charge in [-0.1, -0.05) is 50.2 Å². The van der Waals surface area contributed by atoms with Crippen LogP contribution in [0.1, 0.15) is 44.5 Å². The molecule has 1 atom stereocenters. The summed E-state index contributed by atoms with van der Waals surface area (Å²) in [6.07, 6.45) is 0.733. The van der Waals surface area contributed by atoms with Gasteiger partial charge in [0, 0.05) is 35.0 Å². The monoisotopic (exact) mass is 401 g/mol. The zero-order valence-corrected chi connectivity index (χ0v) is 17.9. The quantitative estimate of drug-likeness (QED) is 0.699. The standard InChI is InChI=1S/C25H27N3O2/c1-15(2)23(29)27-14-13-18-17-9-5-7-11-20(17)26-22(18)25(27)19-10-6-8-12-21(19)28(16(3)4)24(25)30/h5-12,15-16,26H,13-14H2,1-4H3. The molecular formula is C25H27N3O2. The molecule has 0 fully saturated rings. The molecule has 5 rings (SSSR count). The Morgan fingerprint density at radius 1 is 1.03 bits per heavy atom. The molecule has 1 unspecified atom stereocenters. The summed E-state index contributed by atoms with van der Waals surface area (Å²) in [4.78, 5) is 35.0. The Kier molecular flexibility index (Phi) is 4.07. The van der Waals surface area contributed by atoms with Crippen LogP contribution in [0.4, 0.5) is 5.69 Å². The lowest BCUT2D eigenvalue weighted by atomic mass is 9.79. The first-order valence-corrected chi connectivity index (χ1v) is 10.7. The van der Waals surface area contributed by atoms with E-state index in [1.165, 1.54) is 0 Å². The molecule has 0 saturated heterocycles. The van der Waals surface area contributed by atoms with E-state index in [1.807, 2.05) is 80.0 Å². The maximum Gasteiger partial charge on any atom is 0.264 e. The number of nitrogens with zero attached hydrogens (tertiary/aromatic N) is 2. The van der Waals surface area contributed by atoms with Crippen molar-refractivity contribution in [2.45, 2.75) is 45.7 Å². The van der Waals surface area contributed by atoms with Gasteiger partial charge in [-0.05, 0) is 38.0 Å². The van der Waals surface area contributed by atoms with Crippen molar-refractivity contribution in [2.75, 3.05) is 11.4 Å². The van der Waals surface area contributed by atoms with Crippen LogP contribution in [0.5, 0.6) is 0 Å². The van der Waals surface area contributed by atoms with E-state index in [-0.39, 0.29) is 23.8 Å². The molecule has 5 nitrogen and oxygen atoms in total. The number of para-hydroxylation sites is 2. The Bertz CT molecular complexity index is 1180. The van der Waals surface area contributed by atoms with Gasteiger partial charge in [-0.15, -0.1) is 0 Å². The van der Waals surface area contributed by atoms with Crippen molar-refractivity contribution in [1.82, 2.24) is 9.88 Å². The Morgan fingerprint density at radius 2 is 1.73 bits per heavy atom. The molecule has 0 bridgehead atoms. The van der Waals surface area contributed by atoms with E-state index in [2.05, 4.69) is 11.1 Å². The summed E-state index contributed by atoms with van der Waals surface area (Å²) in [6, 6.07) is 16.1. The van der Waals surface area contributed by atoms with Crippen molar-refractivity contribution >= 4 is 28.4 Å². The second kappa shape index (κ2) is 6.46. The summed E-state index contributed by atoms with van der Waals surface area (Å²) in [5.41, 5.74) is 3.65.